The number of nitrogens with one attached hydrogen (secondary N) is 1. The third-order valence-electron chi connectivity index (χ3n) is 2.36. The summed E-state index contributed by atoms with van der Waals surface area (Å²) in [6.07, 6.45) is 0.493. The summed E-state index contributed by atoms with van der Waals surface area (Å²) < 4.78 is 22.9. The van der Waals surface area contributed by atoms with E-state index in [1.807, 2.05) is 0 Å². The van der Waals surface area contributed by atoms with E-state index in [1.165, 1.54) is 11.3 Å². The first-order chi connectivity index (χ1) is 7.46. The largest absolute Gasteiger partial charge is 0.348 e. The highest BCUT2D eigenvalue weighted by molar-refractivity contribution is 7.91. The molecule has 1 unspecified atom stereocenters. The number of rotatable bonds is 2. The number of carbonyl (C=O) groups is 1. The summed E-state index contributed by atoms with van der Waals surface area (Å²) in [6.45, 7) is 0. The standard InChI is InChI=1S/C9H10ClNO3S2/c10-8-2-1-7(15-8)9(12)11-6-3-4-16(13,14)5-6/h1-2,6H,3-5H2,(H,11,12). The SMILES string of the molecule is O=C(NC1CCS(=O)(=O)C1)c1ccc(Cl)s1. The Bertz CT molecular complexity index is 509. The van der Waals surface area contributed by atoms with Crippen LogP contribution in [0.4, 0.5) is 0 Å². The van der Waals surface area contributed by atoms with Crippen LogP contribution in [0.15, 0.2) is 12.1 Å². The fraction of sp³-hybridized carbons (Fsp3) is 0.444. The second kappa shape index (κ2) is 4.35. The van der Waals surface area contributed by atoms with Crippen LogP contribution in [0.25, 0.3) is 0 Å². The lowest BCUT2D eigenvalue weighted by Crippen LogP contribution is -2.35. The molecule has 0 spiro atoms. The molecule has 0 radical (unpaired) electrons. The maximum Gasteiger partial charge on any atom is 0.261 e. The van der Waals surface area contributed by atoms with Gasteiger partial charge in [-0.1, -0.05) is 11.6 Å². The molecule has 4 nitrogen and oxygen atoms in total. The smallest absolute Gasteiger partial charge is 0.261 e. The Morgan fingerprint density at radius 2 is 2.25 bits per heavy atom. The van der Waals surface area contributed by atoms with Gasteiger partial charge in [-0.2, -0.15) is 0 Å². The summed E-state index contributed by atoms with van der Waals surface area (Å²) in [5.41, 5.74) is 0. The van der Waals surface area contributed by atoms with Gasteiger partial charge in [-0.15, -0.1) is 11.3 Å². The van der Waals surface area contributed by atoms with Gasteiger partial charge in [0.15, 0.2) is 9.84 Å². The fourth-order valence-electron chi connectivity index (χ4n) is 1.60. The zero-order valence-corrected chi connectivity index (χ0v) is 10.7. The molecule has 1 N–H and O–H groups in total. The van der Waals surface area contributed by atoms with Crippen LogP contribution in [0.2, 0.25) is 4.34 Å². The van der Waals surface area contributed by atoms with Crippen molar-refractivity contribution in [3.63, 3.8) is 0 Å². The molecule has 1 aliphatic heterocycles. The second-order valence-corrected chi connectivity index (χ2v) is 7.62. The van der Waals surface area contributed by atoms with E-state index in [1.54, 1.807) is 12.1 Å². The summed E-state index contributed by atoms with van der Waals surface area (Å²) in [5.74, 6) is -0.0555. The summed E-state index contributed by atoms with van der Waals surface area (Å²) in [6, 6.07) is 3.01. The third-order valence-corrected chi connectivity index (χ3v) is 5.36. The number of hydrogen-bond donors (Lipinski definition) is 1. The number of hydrogen-bond acceptors (Lipinski definition) is 4. The molecule has 1 aliphatic rings. The molecule has 2 rings (SSSR count). The third kappa shape index (κ3) is 2.75. The maximum atomic E-state index is 11.7. The molecule has 7 heteroatoms. The van der Waals surface area contributed by atoms with Gasteiger partial charge in [-0.05, 0) is 18.6 Å². The van der Waals surface area contributed by atoms with Crippen LogP contribution in [0, 0.1) is 0 Å². The van der Waals surface area contributed by atoms with E-state index >= 15 is 0 Å². The molecule has 16 heavy (non-hydrogen) atoms. The zero-order valence-electron chi connectivity index (χ0n) is 8.27. The molecule has 0 bridgehead atoms. The normalized spacial score (nSPS) is 23.2. The Morgan fingerprint density at radius 1 is 1.50 bits per heavy atom. The predicted molar refractivity (Wildman–Crippen MR) is 63.9 cm³/mol. The molecule has 1 atom stereocenters. The summed E-state index contributed by atoms with van der Waals surface area (Å²) in [7, 11) is -2.96. The highest BCUT2D eigenvalue weighted by Crippen LogP contribution is 2.21. The van der Waals surface area contributed by atoms with Crippen LogP contribution >= 0.6 is 22.9 Å². The van der Waals surface area contributed by atoms with E-state index < -0.39 is 9.84 Å². The summed E-state index contributed by atoms with van der Waals surface area (Å²) in [4.78, 5) is 12.2. The molecule has 1 aromatic rings. The van der Waals surface area contributed by atoms with Crippen molar-refractivity contribution in [3.8, 4) is 0 Å². The zero-order chi connectivity index (χ0) is 11.8. The van der Waals surface area contributed by atoms with Gasteiger partial charge < -0.3 is 5.32 Å². The number of amides is 1. The van der Waals surface area contributed by atoms with Gasteiger partial charge in [0.05, 0.1) is 20.7 Å². The summed E-state index contributed by atoms with van der Waals surface area (Å²) >= 11 is 6.89. The lowest BCUT2D eigenvalue weighted by atomic mass is 10.2. The van der Waals surface area contributed by atoms with E-state index in [4.69, 9.17) is 11.6 Å². The van der Waals surface area contributed by atoms with Crippen LogP contribution in [0.3, 0.4) is 0 Å². The van der Waals surface area contributed by atoms with Crippen molar-refractivity contribution in [2.45, 2.75) is 12.5 Å². The first-order valence-corrected chi connectivity index (χ1v) is 7.74. The molecule has 0 aromatic carbocycles. The molecule has 0 saturated carbocycles. The van der Waals surface area contributed by atoms with E-state index in [0.717, 1.165) is 0 Å². The van der Waals surface area contributed by atoms with Gasteiger partial charge in [0.1, 0.15) is 0 Å². The van der Waals surface area contributed by atoms with Gasteiger partial charge in [0, 0.05) is 6.04 Å². The maximum absolute atomic E-state index is 11.7. The average Bonchev–Trinajstić information content (AvgIpc) is 2.73. The van der Waals surface area contributed by atoms with Crippen molar-refractivity contribution in [1.29, 1.82) is 0 Å². The highest BCUT2D eigenvalue weighted by Gasteiger charge is 2.29. The van der Waals surface area contributed by atoms with Crippen molar-refractivity contribution >= 4 is 38.7 Å². The van der Waals surface area contributed by atoms with Gasteiger partial charge >= 0.3 is 0 Å². The minimum absolute atomic E-state index is 0.0395. The lowest BCUT2D eigenvalue weighted by molar-refractivity contribution is 0.0945. The van der Waals surface area contributed by atoms with E-state index in [2.05, 4.69) is 5.32 Å². The van der Waals surface area contributed by atoms with E-state index in [0.29, 0.717) is 15.6 Å². The van der Waals surface area contributed by atoms with Crippen molar-refractivity contribution < 1.29 is 13.2 Å². The topological polar surface area (TPSA) is 63.2 Å². The van der Waals surface area contributed by atoms with Gasteiger partial charge in [0.25, 0.3) is 5.91 Å². The molecule has 1 amide bonds. The Balaban J connectivity index is 1.99. The highest BCUT2D eigenvalue weighted by atomic mass is 35.5. The van der Waals surface area contributed by atoms with Crippen LogP contribution in [0.5, 0.6) is 0 Å². The number of halogens is 1. The Morgan fingerprint density at radius 3 is 2.75 bits per heavy atom. The Kier molecular flexibility index (Phi) is 3.23. The second-order valence-electron chi connectivity index (χ2n) is 3.68. The van der Waals surface area contributed by atoms with Gasteiger partial charge in [0.2, 0.25) is 0 Å². The van der Waals surface area contributed by atoms with Crippen molar-refractivity contribution in [1.82, 2.24) is 5.32 Å². The molecule has 1 aromatic heterocycles. The van der Waals surface area contributed by atoms with Crippen LogP contribution in [0.1, 0.15) is 16.1 Å². The lowest BCUT2D eigenvalue weighted by Gasteiger charge is -2.08. The van der Waals surface area contributed by atoms with Crippen LogP contribution in [-0.2, 0) is 9.84 Å². The molecule has 2 heterocycles. The van der Waals surface area contributed by atoms with Crippen LogP contribution < -0.4 is 5.32 Å². The predicted octanol–water partition coefficient (Wildman–Crippen LogP) is 1.32. The van der Waals surface area contributed by atoms with Crippen LogP contribution in [-0.4, -0.2) is 31.9 Å². The van der Waals surface area contributed by atoms with E-state index in [-0.39, 0.29) is 23.5 Å². The van der Waals surface area contributed by atoms with Gasteiger partial charge in [-0.3, -0.25) is 4.79 Å². The number of sulfone groups is 1. The summed E-state index contributed by atoms with van der Waals surface area (Å²) in [5, 5.41) is 2.70. The Hall–Kier alpha value is -0.590. The van der Waals surface area contributed by atoms with Gasteiger partial charge in [-0.25, -0.2) is 8.42 Å². The first kappa shape index (κ1) is 11.9. The Labute approximate surface area is 103 Å². The number of thiophene rings is 1. The molecular formula is C9H10ClNO3S2. The molecule has 88 valence electrons. The quantitative estimate of drug-likeness (QED) is 0.888. The minimum Gasteiger partial charge on any atom is -0.348 e. The molecule has 1 fully saturated rings. The number of carbonyl (C=O) groups excluding carboxylic acids is 1. The van der Waals surface area contributed by atoms with E-state index in [9.17, 15) is 13.2 Å². The molecule has 1 saturated heterocycles. The fourth-order valence-corrected chi connectivity index (χ4v) is 4.22. The monoisotopic (exact) mass is 279 g/mol. The average molecular weight is 280 g/mol. The van der Waals surface area contributed by atoms with Crippen molar-refractivity contribution in [2.75, 3.05) is 11.5 Å². The molecule has 0 aliphatic carbocycles. The minimum atomic E-state index is -2.96. The molecular weight excluding hydrogens is 270 g/mol. The van der Waals surface area contributed by atoms with Crippen molar-refractivity contribution in [3.05, 3.63) is 21.3 Å². The van der Waals surface area contributed by atoms with Crippen molar-refractivity contribution in [2.24, 2.45) is 0 Å². The first-order valence-electron chi connectivity index (χ1n) is 4.73.